The Bertz CT molecular complexity index is 655. The third-order valence-corrected chi connectivity index (χ3v) is 5.14. The summed E-state index contributed by atoms with van der Waals surface area (Å²) in [7, 11) is 1.72. The van der Waals surface area contributed by atoms with Crippen molar-refractivity contribution in [1.29, 1.82) is 0 Å². The van der Waals surface area contributed by atoms with Crippen LogP contribution >= 0.6 is 11.8 Å². The molecular weight excluding hydrogens is 332 g/mol. The van der Waals surface area contributed by atoms with Gasteiger partial charge in [-0.2, -0.15) is 0 Å². The Labute approximate surface area is 145 Å². The summed E-state index contributed by atoms with van der Waals surface area (Å²) in [5, 5.41) is 8.97. The first-order chi connectivity index (χ1) is 11.2. The van der Waals surface area contributed by atoms with Gasteiger partial charge in [-0.1, -0.05) is 0 Å². The van der Waals surface area contributed by atoms with Crippen LogP contribution in [-0.2, 0) is 16.0 Å². The molecule has 1 aliphatic rings. The molecule has 24 heavy (non-hydrogen) atoms. The first kappa shape index (κ1) is 18.4. The van der Waals surface area contributed by atoms with Crippen LogP contribution in [0, 0.1) is 6.92 Å². The number of thioether (sulfide) groups is 1. The number of carbonyl (C=O) groups is 3. The van der Waals surface area contributed by atoms with Crippen molar-refractivity contribution in [2.24, 2.45) is 0 Å². The zero-order valence-corrected chi connectivity index (χ0v) is 15.1. The predicted octanol–water partition coefficient (Wildman–Crippen LogP) is 1.60. The van der Waals surface area contributed by atoms with Crippen LogP contribution in [0.1, 0.15) is 35.5 Å². The monoisotopic (exact) mass is 354 g/mol. The van der Waals surface area contributed by atoms with Gasteiger partial charge in [0.15, 0.2) is 0 Å². The molecule has 0 aromatic carbocycles. The van der Waals surface area contributed by atoms with E-state index in [4.69, 9.17) is 9.52 Å². The van der Waals surface area contributed by atoms with Crippen LogP contribution in [0.5, 0.6) is 0 Å². The zero-order chi connectivity index (χ0) is 18.0. The number of carbonyl (C=O) groups excluding carboxylic acids is 2. The number of aryl methyl sites for hydroxylation is 1. The van der Waals surface area contributed by atoms with Crippen molar-refractivity contribution in [3.05, 3.63) is 23.2 Å². The lowest BCUT2D eigenvalue weighted by Gasteiger charge is -2.29. The molecule has 1 saturated heterocycles. The Balaban J connectivity index is 2.27. The maximum atomic E-state index is 12.9. The maximum Gasteiger partial charge on any atom is 0.311 e. The highest BCUT2D eigenvalue weighted by molar-refractivity contribution is 7.99. The average Bonchev–Trinajstić information content (AvgIpc) is 3.11. The van der Waals surface area contributed by atoms with Crippen LogP contribution in [0.25, 0.3) is 0 Å². The van der Waals surface area contributed by atoms with E-state index < -0.39 is 12.0 Å². The number of hydrogen-bond donors (Lipinski definition) is 1. The SMILES string of the molecule is Cc1coc(CC(=O)O)c1C(=O)N1CSCC1C(=O)N(C)C(C)C. The van der Waals surface area contributed by atoms with Crippen molar-refractivity contribution in [2.45, 2.75) is 39.3 Å². The van der Waals surface area contributed by atoms with Crippen molar-refractivity contribution in [1.82, 2.24) is 9.80 Å². The molecule has 0 spiro atoms. The summed E-state index contributed by atoms with van der Waals surface area (Å²) in [6.45, 7) is 5.52. The number of nitrogens with zero attached hydrogens (tertiary/aromatic N) is 2. The molecule has 2 heterocycles. The second-order valence-corrected chi connectivity index (χ2v) is 7.12. The smallest absolute Gasteiger partial charge is 0.311 e. The van der Waals surface area contributed by atoms with Crippen LogP contribution < -0.4 is 0 Å². The van der Waals surface area contributed by atoms with Crippen LogP contribution in [0.2, 0.25) is 0 Å². The molecule has 7 nitrogen and oxygen atoms in total. The fourth-order valence-corrected chi connectivity index (χ4v) is 3.68. The first-order valence-corrected chi connectivity index (χ1v) is 8.83. The number of likely N-dealkylation sites (N-methyl/N-ethyl adjacent to an activating group) is 1. The van der Waals surface area contributed by atoms with Crippen LogP contribution in [-0.4, -0.2) is 63.5 Å². The van der Waals surface area contributed by atoms with E-state index in [0.29, 0.717) is 17.2 Å². The van der Waals surface area contributed by atoms with Gasteiger partial charge in [0.25, 0.3) is 5.91 Å². The summed E-state index contributed by atoms with van der Waals surface area (Å²) in [5.41, 5.74) is 0.835. The van der Waals surface area contributed by atoms with E-state index in [1.807, 2.05) is 13.8 Å². The van der Waals surface area contributed by atoms with Crippen molar-refractivity contribution in [2.75, 3.05) is 18.7 Å². The van der Waals surface area contributed by atoms with Gasteiger partial charge >= 0.3 is 5.97 Å². The van der Waals surface area contributed by atoms with Gasteiger partial charge in [0.1, 0.15) is 18.2 Å². The number of carboxylic acid groups (broad SMARTS) is 1. The molecule has 0 aliphatic carbocycles. The van der Waals surface area contributed by atoms with Crippen molar-refractivity contribution < 1.29 is 23.9 Å². The van der Waals surface area contributed by atoms with E-state index >= 15 is 0 Å². The zero-order valence-electron chi connectivity index (χ0n) is 14.2. The van der Waals surface area contributed by atoms with Crippen molar-refractivity contribution in [3.63, 3.8) is 0 Å². The highest BCUT2D eigenvalue weighted by atomic mass is 32.2. The summed E-state index contributed by atoms with van der Waals surface area (Å²) >= 11 is 1.51. The molecular formula is C16H22N2O5S. The van der Waals surface area contributed by atoms with Gasteiger partial charge in [-0.3, -0.25) is 14.4 Å². The first-order valence-electron chi connectivity index (χ1n) is 7.68. The summed E-state index contributed by atoms with van der Waals surface area (Å²) in [6.07, 6.45) is 1.02. The number of rotatable bonds is 5. The molecule has 0 saturated carbocycles. The average molecular weight is 354 g/mol. The Morgan fingerprint density at radius 2 is 2.12 bits per heavy atom. The molecule has 0 bridgehead atoms. The summed E-state index contributed by atoms with van der Waals surface area (Å²) in [6, 6.07) is -0.500. The normalized spacial score (nSPS) is 17.4. The number of carboxylic acids is 1. The van der Waals surface area contributed by atoms with Crippen molar-refractivity contribution in [3.8, 4) is 0 Å². The van der Waals surface area contributed by atoms with E-state index in [-0.39, 0.29) is 35.6 Å². The van der Waals surface area contributed by atoms with Gasteiger partial charge in [0.05, 0.1) is 17.7 Å². The number of furan rings is 1. The molecule has 1 atom stereocenters. The number of hydrogen-bond acceptors (Lipinski definition) is 5. The fourth-order valence-electron chi connectivity index (χ4n) is 2.53. The Kier molecular flexibility index (Phi) is 5.58. The Morgan fingerprint density at radius 1 is 1.46 bits per heavy atom. The molecule has 1 fully saturated rings. The van der Waals surface area contributed by atoms with E-state index in [0.717, 1.165) is 0 Å². The molecule has 132 valence electrons. The lowest BCUT2D eigenvalue weighted by Crippen LogP contribution is -2.49. The Morgan fingerprint density at radius 3 is 2.71 bits per heavy atom. The van der Waals surface area contributed by atoms with Crippen LogP contribution in [0.4, 0.5) is 0 Å². The molecule has 1 N–H and O–H groups in total. The van der Waals surface area contributed by atoms with Crippen LogP contribution in [0.3, 0.4) is 0 Å². The van der Waals surface area contributed by atoms with Gasteiger partial charge in [-0.05, 0) is 20.8 Å². The van der Waals surface area contributed by atoms with E-state index in [2.05, 4.69) is 0 Å². The third kappa shape index (κ3) is 3.58. The van der Waals surface area contributed by atoms with Gasteiger partial charge in [0.2, 0.25) is 5.91 Å². The molecule has 2 rings (SSSR count). The minimum atomic E-state index is -1.07. The molecule has 1 unspecified atom stereocenters. The highest BCUT2D eigenvalue weighted by Gasteiger charge is 2.38. The highest BCUT2D eigenvalue weighted by Crippen LogP contribution is 2.28. The second kappa shape index (κ2) is 7.29. The Hall–Kier alpha value is -1.96. The summed E-state index contributed by atoms with van der Waals surface area (Å²) in [5.74, 6) is -0.459. The quantitative estimate of drug-likeness (QED) is 0.864. The lowest BCUT2D eigenvalue weighted by atomic mass is 10.1. The predicted molar refractivity (Wildman–Crippen MR) is 90.0 cm³/mol. The third-order valence-electron chi connectivity index (χ3n) is 4.13. The maximum absolute atomic E-state index is 12.9. The van der Waals surface area contributed by atoms with E-state index in [9.17, 15) is 14.4 Å². The van der Waals surface area contributed by atoms with E-state index in [1.54, 1.807) is 18.9 Å². The minimum Gasteiger partial charge on any atom is -0.481 e. The summed E-state index contributed by atoms with van der Waals surface area (Å²) < 4.78 is 5.24. The number of aliphatic carboxylic acids is 1. The molecule has 1 aromatic heterocycles. The largest absolute Gasteiger partial charge is 0.481 e. The lowest BCUT2D eigenvalue weighted by molar-refractivity contribution is -0.137. The van der Waals surface area contributed by atoms with Gasteiger partial charge < -0.3 is 19.3 Å². The number of amides is 2. The summed E-state index contributed by atoms with van der Waals surface area (Å²) in [4.78, 5) is 39.6. The topological polar surface area (TPSA) is 91.1 Å². The molecule has 0 radical (unpaired) electrons. The second-order valence-electron chi connectivity index (χ2n) is 6.12. The van der Waals surface area contributed by atoms with Gasteiger partial charge in [-0.25, -0.2) is 0 Å². The van der Waals surface area contributed by atoms with Gasteiger partial charge in [-0.15, -0.1) is 11.8 Å². The van der Waals surface area contributed by atoms with Crippen molar-refractivity contribution >= 4 is 29.5 Å². The molecule has 1 aliphatic heterocycles. The standard InChI is InChI=1S/C16H22N2O5S/c1-9(2)17(4)15(21)11-7-24-8-18(11)16(22)14-10(3)6-23-12(14)5-13(19)20/h6,9,11H,5,7-8H2,1-4H3,(H,19,20). The van der Waals surface area contributed by atoms with Crippen LogP contribution in [0.15, 0.2) is 10.7 Å². The molecule has 2 amide bonds. The van der Waals surface area contributed by atoms with E-state index in [1.165, 1.54) is 22.9 Å². The minimum absolute atomic E-state index is 0.0401. The van der Waals surface area contributed by atoms with Gasteiger partial charge in [0, 0.05) is 24.4 Å². The molecule has 1 aromatic rings. The fraction of sp³-hybridized carbons (Fsp3) is 0.562. The molecule has 8 heteroatoms.